The van der Waals surface area contributed by atoms with Crippen LogP contribution in [0.1, 0.15) is 78.1 Å². The second-order valence-electron chi connectivity index (χ2n) is 6.38. The van der Waals surface area contributed by atoms with Crippen LogP contribution in [0.15, 0.2) is 0 Å². The summed E-state index contributed by atoms with van der Waals surface area (Å²) in [4.78, 5) is 9.45. The first-order valence-electron chi connectivity index (χ1n) is 8.27. The van der Waals surface area contributed by atoms with Gasteiger partial charge in [-0.05, 0) is 33.1 Å². The number of anilines is 2. The maximum Gasteiger partial charge on any atom is 0.135 e. The van der Waals surface area contributed by atoms with Crippen molar-refractivity contribution in [3.63, 3.8) is 0 Å². The lowest BCUT2D eigenvalue weighted by atomic mass is 9.95. The lowest BCUT2D eigenvalue weighted by Crippen LogP contribution is -2.34. The second kappa shape index (κ2) is 7.62. The predicted octanol–water partition coefficient (Wildman–Crippen LogP) is 4.72. The number of hydrogen-bond acceptors (Lipinski definition) is 4. The summed E-state index contributed by atoms with van der Waals surface area (Å²) in [6, 6.07) is 0. The zero-order chi connectivity index (χ0) is 16.0. The van der Waals surface area contributed by atoms with Crippen LogP contribution in [-0.4, -0.2) is 22.1 Å². The molecule has 0 fully saturated rings. The van der Waals surface area contributed by atoms with Gasteiger partial charge in [0.1, 0.15) is 17.5 Å². The van der Waals surface area contributed by atoms with Crippen LogP contribution in [0.25, 0.3) is 0 Å². The molecule has 1 aromatic heterocycles. The maximum atomic E-state index is 4.76. The third-order valence-electron chi connectivity index (χ3n) is 4.20. The molecule has 4 heteroatoms. The molecule has 0 saturated carbocycles. The molecule has 0 atom stereocenters. The van der Waals surface area contributed by atoms with Crippen LogP contribution in [-0.2, 0) is 0 Å². The summed E-state index contributed by atoms with van der Waals surface area (Å²) < 4.78 is 0. The molecular formula is C17H32N4. The fraction of sp³-hybridized carbons (Fsp3) is 0.765. The first-order chi connectivity index (χ1) is 9.86. The molecule has 0 bridgehead atoms. The highest BCUT2D eigenvalue weighted by atomic mass is 15.1. The molecule has 0 aliphatic carbocycles. The van der Waals surface area contributed by atoms with Gasteiger partial charge in [0.25, 0.3) is 0 Å². The Balaban J connectivity index is 3.19. The summed E-state index contributed by atoms with van der Waals surface area (Å²) in [7, 11) is 0. The van der Waals surface area contributed by atoms with E-state index in [1.165, 1.54) is 0 Å². The number of rotatable bonds is 8. The first kappa shape index (κ1) is 17.7. The Morgan fingerprint density at radius 1 is 1.05 bits per heavy atom. The summed E-state index contributed by atoms with van der Waals surface area (Å²) in [5.41, 5.74) is 1.19. The van der Waals surface area contributed by atoms with E-state index in [0.717, 1.165) is 48.8 Å². The molecular weight excluding hydrogens is 260 g/mol. The summed E-state index contributed by atoms with van der Waals surface area (Å²) in [6.07, 6.45) is 3.23. The number of aromatic nitrogens is 2. The largest absolute Gasteiger partial charge is 0.370 e. The van der Waals surface area contributed by atoms with Gasteiger partial charge in [-0.15, -0.1) is 0 Å². The predicted molar refractivity (Wildman–Crippen MR) is 92.2 cm³/mol. The van der Waals surface area contributed by atoms with Crippen LogP contribution in [0, 0.1) is 6.92 Å². The average molecular weight is 292 g/mol. The second-order valence-corrected chi connectivity index (χ2v) is 6.38. The Morgan fingerprint density at radius 2 is 1.62 bits per heavy atom. The Labute approximate surface area is 130 Å². The lowest BCUT2D eigenvalue weighted by Gasteiger charge is -2.30. The molecule has 1 rings (SSSR count). The van der Waals surface area contributed by atoms with Crippen molar-refractivity contribution >= 4 is 11.6 Å². The van der Waals surface area contributed by atoms with Gasteiger partial charge in [0.05, 0.1) is 0 Å². The number of nitrogens with zero attached hydrogens (tertiary/aromatic N) is 2. The van der Waals surface area contributed by atoms with E-state index in [9.17, 15) is 0 Å². The van der Waals surface area contributed by atoms with Crippen molar-refractivity contribution in [2.45, 2.75) is 79.2 Å². The Kier molecular flexibility index (Phi) is 6.43. The normalized spacial score (nSPS) is 11.8. The number of nitrogens with one attached hydrogen (secondary N) is 2. The third-order valence-corrected chi connectivity index (χ3v) is 4.20. The highest BCUT2D eigenvalue weighted by molar-refractivity contribution is 5.58. The lowest BCUT2D eigenvalue weighted by molar-refractivity contribution is 0.475. The van der Waals surface area contributed by atoms with Gasteiger partial charge in [-0.3, -0.25) is 0 Å². The molecule has 0 aromatic carbocycles. The van der Waals surface area contributed by atoms with Gasteiger partial charge in [0, 0.05) is 23.6 Å². The number of hydrogen-bond donors (Lipinski definition) is 2. The molecule has 1 heterocycles. The van der Waals surface area contributed by atoms with Crippen molar-refractivity contribution in [2.24, 2.45) is 0 Å². The highest BCUT2D eigenvalue weighted by Gasteiger charge is 2.22. The van der Waals surface area contributed by atoms with E-state index in [4.69, 9.17) is 4.98 Å². The zero-order valence-electron chi connectivity index (χ0n) is 14.8. The Morgan fingerprint density at radius 3 is 2.10 bits per heavy atom. The van der Waals surface area contributed by atoms with Gasteiger partial charge in [0.2, 0.25) is 0 Å². The van der Waals surface area contributed by atoms with Crippen LogP contribution in [0.3, 0.4) is 0 Å². The van der Waals surface area contributed by atoms with Crippen LogP contribution in [0.4, 0.5) is 11.6 Å². The van der Waals surface area contributed by atoms with Gasteiger partial charge in [-0.1, -0.05) is 34.6 Å². The zero-order valence-corrected chi connectivity index (χ0v) is 14.8. The maximum absolute atomic E-state index is 4.76. The van der Waals surface area contributed by atoms with Crippen LogP contribution >= 0.6 is 0 Å². The van der Waals surface area contributed by atoms with Crippen LogP contribution in [0.2, 0.25) is 0 Å². The van der Waals surface area contributed by atoms with Crippen LogP contribution in [0.5, 0.6) is 0 Å². The topological polar surface area (TPSA) is 49.8 Å². The fourth-order valence-electron chi connectivity index (χ4n) is 2.04. The minimum Gasteiger partial charge on any atom is -0.370 e. The molecule has 4 nitrogen and oxygen atoms in total. The average Bonchev–Trinajstić information content (AvgIpc) is 2.47. The van der Waals surface area contributed by atoms with Crippen molar-refractivity contribution in [2.75, 3.05) is 17.2 Å². The molecule has 21 heavy (non-hydrogen) atoms. The quantitative estimate of drug-likeness (QED) is 0.728. The minimum atomic E-state index is 0.0788. The standard InChI is InChI=1S/C17H32N4/c1-8-11-18-15-13(6)16(20-14(19-15)12(4)5)21-17(7,9-2)10-3/h12H,8-11H2,1-7H3,(H2,18,19,20,21). The van der Waals surface area contributed by atoms with E-state index in [-0.39, 0.29) is 5.54 Å². The van der Waals surface area contributed by atoms with Gasteiger partial charge >= 0.3 is 0 Å². The smallest absolute Gasteiger partial charge is 0.135 e. The van der Waals surface area contributed by atoms with Gasteiger partial charge in [-0.2, -0.15) is 0 Å². The van der Waals surface area contributed by atoms with Crippen molar-refractivity contribution in [3.05, 3.63) is 11.4 Å². The van der Waals surface area contributed by atoms with Crippen molar-refractivity contribution < 1.29 is 0 Å². The summed E-state index contributed by atoms with van der Waals surface area (Å²) in [5.74, 6) is 3.16. The SMILES string of the molecule is CCCNc1nc(C(C)C)nc(NC(C)(CC)CC)c1C. The molecule has 0 aliphatic rings. The van der Waals surface area contributed by atoms with E-state index in [2.05, 4.69) is 64.1 Å². The van der Waals surface area contributed by atoms with E-state index in [0.29, 0.717) is 5.92 Å². The van der Waals surface area contributed by atoms with Crippen molar-refractivity contribution in [3.8, 4) is 0 Å². The molecule has 2 N–H and O–H groups in total. The summed E-state index contributed by atoms with van der Waals surface area (Å²) in [5, 5.41) is 7.07. The van der Waals surface area contributed by atoms with Gasteiger partial charge in [-0.25, -0.2) is 9.97 Å². The third kappa shape index (κ3) is 4.58. The Bertz CT molecular complexity index is 450. The van der Waals surface area contributed by atoms with Crippen molar-refractivity contribution in [1.29, 1.82) is 0 Å². The summed E-state index contributed by atoms with van der Waals surface area (Å²) in [6.45, 7) is 16.1. The van der Waals surface area contributed by atoms with E-state index < -0.39 is 0 Å². The summed E-state index contributed by atoms with van der Waals surface area (Å²) >= 11 is 0. The molecule has 0 spiro atoms. The first-order valence-corrected chi connectivity index (χ1v) is 8.27. The molecule has 1 aromatic rings. The molecule has 0 radical (unpaired) electrons. The van der Waals surface area contributed by atoms with Crippen LogP contribution < -0.4 is 10.6 Å². The van der Waals surface area contributed by atoms with Crippen molar-refractivity contribution in [1.82, 2.24) is 9.97 Å². The van der Waals surface area contributed by atoms with E-state index in [1.54, 1.807) is 0 Å². The molecule has 0 amide bonds. The highest BCUT2D eigenvalue weighted by Crippen LogP contribution is 2.27. The van der Waals surface area contributed by atoms with Gasteiger partial charge in [0.15, 0.2) is 0 Å². The molecule has 120 valence electrons. The van der Waals surface area contributed by atoms with Gasteiger partial charge < -0.3 is 10.6 Å². The van der Waals surface area contributed by atoms with E-state index in [1.807, 2.05) is 0 Å². The monoisotopic (exact) mass is 292 g/mol. The minimum absolute atomic E-state index is 0.0788. The molecule has 0 unspecified atom stereocenters. The molecule has 0 aliphatic heterocycles. The molecule has 0 saturated heterocycles. The fourth-order valence-corrected chi connectivity index (χ4v) is 2.04. The Hall–Kier alpha value is -1.32. The van der Waals surface area contributed by atoms with E-state index >= 15 is 0 Å².